The van der Waals surface area contributed by atoms with Crippen molar-refractivity contribution >= 4 is 17.7 Å². The van der Waals surface area contributed by atoms with Crippen LogP contribution in [0.5, 0.6) is 5.75 Å². The van der Waals surface area contributed by atoms with Gasteiger partial charge in [-0.25, -0.2) is 4.39 Å². The zero-order chi connectivity index (χ0) is 20.8. The van der Waals surface area contributed by atoms with E-state index in [0.717, 1.165) is 12.8 Å². The van der Waals surface area contributed by atoms with Crippen LogP contribution in [-0.4, -0.2) is 32.0 Å². The Bertz CT molecular complexity index is 834. The number of nitrogens with one attached hydrogen (secondary N) is 1. The van der Waals surface area contributed by atoms with Gasteiger partial charge in [-0.15, -0.1) is 16.8 Å². The molecule has 1 amide bonds. The van der Waals surface area contributed by atoms with E-state index in [2.05, 4.69) is 22.1 Å². The van der Waals surface area contributed by atoms with Crippen molar-refractivity contribution in [1.82, 2.24) is 20.1 Å². The molecule has 0 bridgehead atoms. The summed E-state index contributed by atoms with van der Waals surface area (Å²) in [5.41, 5.74) is 0. The Hall–Kier alpha value is -2.35. The lowest BCUT2D eigenvalue weighted by Gasteiger charge is -2.18. The number of aromatic nitrogens is 3. The number of rotatable bonds is 9. The van der Waals surface area contributed by atoms with Gasteiger partial charge in [0.2, 0.25) is 5.91 Å². The number of ether oxygens (including phenoxy) is 1. The molecule has 2 unspecified atom stereocenters. The summed E-state index contributed by atoms with van der Waals surface area (Å²) in [6.07, 6.45) is 5.82. The standard InChI is InChI=1S/C21H27FN4O2S/c1-4-13-26-19(14(2)28-18-11-9-16(22)10-12-18)24-25-21(26)29-15(3)20(27)23-17-7-5-6-8-17/h4,9-12,14-15,17H,1,5-8,13H2,2-3H3,(H,23,27). The van der Waals surface area contributed by atoms with Crippen LogP contribution in [0.2, 0.25) is 0 Å². The van der Waals surface area contributed by atoms with E-state index < -0.39 is 6.10 Å². The highest BCUT2D eigenvalue weighted by Gasteiger charge is 2.25. The third-order valence-corrected chi connectivity index (χ3v) is 5.98. The monoisotopic (exact) mass is 418 g/mol. The van der Waals surface area contributed by atoms with Crippen molar-refractivity contribution in [3.8, 4) is 5.75 Å². The van der Waals surface area contributed by atoms with Crippen molar-refractivity contribution in [2.24, 2.45) is 0 Å². The summed E-state index contributed by atoms with van der Waals surface area (Å²) in [5, 5.41) is 12.0. The van der Waals surface area contributed by atoms with Crippen LogP contribution in [0.3, 0.4) is 0 Å². The highest BCUT2D eigenvalue weighted by molar-refractivity contribution is 8.00. The Balaban J connectivity index is 1.69. The fourth-order valence-electron chi connectivity index (χ4n) is 3.36. The van der Waals surface area contributed by atoms with Gasteiger partial charge in [-0.1, -0.05) is 30.7 Å². The van der Waals surface area contributed by atoms with Crippen LogP contribution in [0.4, 0.5) is 4.39 Å². The molecule has 156 valence electrons. The van der Waals surface area contributed by atoms with Crippen molar-refractivity contribution in [3.05, 3.63) is 48.6 Å². The van der Waals surface area contributed by atoms with E-state index >= 15 is 0 Å². The average Bonchev–Trinajstić information content (AvgIpc) is 3.34. The van der Waals surface area contributed by atoms with E-state index in [1.807, 2.05) is 18.4 Å². The van der Waals surface area contributed by atoms with Crippen molar-refractivity contribution in [1.29, 1.82) is 0 Å². The summed E-state index contributed by atoms with van der Waals surface area (Å²) in [6.45, 7) is 8.04. The highest BCUT2D eigenvalue weighted by atomic mass is 32.2. The zero-order valence-corrected chi connectivity index (χ0v) is 17.6. The van der Waals surface area contributed by atoms with Crippen LogP contribution in [0.25, 0.3) is 0 Å². The predicted octanol–water partition coefficient (Wildman–Crippen LogP) is 4.28. The number of hydrogen-bond donors (Lipinski definition) is 1. The molecule has 0 saturated heterocycles. The highest BCUT2D eigenvalue weighted by Crippen LogP contribution is 2.27. The minimum Gasteiger partial charge on any atom is -0.483 e. The first-order chi connectivity index (χ1) is 14.0. The van der Waals surface area contributed by atoms with Crippen molar-refractivity contribution in [3.63, 3.8) is 0 Å². The summed E-state index contributed by atoms with van der Waals surface area (Å²) in [7, 11) is 0. The second-order valence-electron chi connectivity index (χ2n) is 7.20. The molecule has 1 fully saturated rings. The van der Waals surface area contributed by atoms with Crippen LogP contribution < -0.4 is 10.1 Å². The molecule has 0 aliphatic heterocycles. The Morgan fingerprint density at radius 3 is 2.69 bits per heavy atom. The van der Waals surface area contributed by atoms with Gasteiger partial charge in [0.25, 0.3) is 0 Å². The van der Waals surface area contributed by atoms with Gasteiger partial charge in [-0.2, -0.15) is 0 Å². The molecule has 0 spiro atoms. The maximum absolute atomic E-state index is 13.1. The number of allylic oxidation sites excluding steroid dienone is 1. The molecule has 8 heteroatoms. The number of carbonyl (C=O) groups is 1. The lowest BCUT2D eigenvalue weighted by molar-refractivity contribution is -0.120. The summed E-state index contributed by atoms with van der Waals surface area (Å²) in [6, 6.07) is 6.14. The molecule has 1 aliphatic rings. The van der Waals surface area contributed by atoms with E-state index in [-0.39, 0.29) is 23.0 Å². The Morgan fingerprint density at radius 1 is 1.34 bits per heavy atom. The Morgan fingerprint density at radius 2 is 2.03 bits per heavy atom. The molecule has 1 aromatic carbocycles. The molecule has 29 heavy (non-hydrogen) atoms. The van der Waals surface area contributed by atoms with Gasteiger partial charge in [0.15, 0.2) is 17.1 Å². The SMILES string of the molecule is C=CCn1c(SC(C)C(=O)NC2CCCC2)nnc1C(C)Oc1ccc(F)cc1. The fourth-order valence-corrected chi connectivity index (χ4v) is 4.23. The molecule has 6 nitrogen and oxygen atoms in total. The molecule has 0 radical (unpaired) electrons. The largest absolute Gasteiger partial charge is 0.483 e. The van der Waals surface area contributed by atoms with E-state index in [1.54, 1.807) is 18.2 Å². The maximum Gasteiger partial charge on any atom is 0.233 e. The summed E-state index contributed by atoms with van der Waals surface area (Å²) < 4.78 is 20.9. The molecule has 1 aliphatic carbocycles. The smallest absolute Gasteiger partial charge is 0.233 e. The van der Waals surface area contributed by atoms with Crippen molar-refractivity contribution < 1.29 is 13.9 Å². The van der Waals surface area contributed by atoms with E-state index in [1.165, 1.54) is 36.7 Å². The van der Waals surface area contributed by atoms with Gasteiger partial charge < -0.3 is 10.1 Å². The predicted molar refractivity (Wildman–Crippen MR) is 111 cm³/mol. The van der Waals surface area contributed by atoms with E-state index in [9.17, 15) is 9.18 Å². The van der Waals surface area contributed by atoms with Crippen molar-refractivity contribution in [2.45, 2.75) is 68.6 Å². The summed E-state index contributed by atoms with van der Waals surface area (Å²) >= 11 is 1.37. The van der Waals surface area contributed by atoms with Crippen LogP contribution in [0.1, 0.15) is 51.5 Å². The quantitative estimate of drug-likeness (QED) is 0.486. The molecule has 2 aromatic rings. The lowest BCUT2D eigenvalue weighted by Crippen LogP contribution is -2.37. The second kappa shape index (κ2) is 9.91. The number of benzene rings is 1. The second-order valence-corrected chi connectivity index (χ2v) is 8.51. The molecule has 1 heterocycles. The first kappa shape index (κ1) is 21.4. The first-order valence-electron chi connectivity index (χ1n) is 9.91. The lowest BCUT2D eigenvalue weighted by atomic mass is 10.2. The molecular formula is C21H27FN4O2S. The van der Waals surface area contributed by atoms with Crippen LogP contribution >= 0.6 is 11.8 Å². The average molecular weight is 419 g/mol. The van der Waals surface area contributed by atoms with Gasteiger partial charge >= 0.3 is 0 Å². The number of amides is 1. The van der Waals surface area contributed by atoms with Crippen LogP contribution in [0.15, 0.2) is 42.1 Å². The number of thioether (sulfide) groups is 1. The Kier molecular flexibility index (Phi) is 7.30. The number of nitrogens with zero attached hydrogens (tertiary/aromatic N) is 3. The van der Waals surface area contributed by atoms with Crippen LogP contribution in [0, 0.1) is 5.82 Å². The molecule has 3 rings (SSSR count). The van der Waals surface area contributed by atoms with Crippen molar-refractivity contribution in [2.75, 3.05) is 0 Å². The van der Waals surface area contributed by atoms with Crippen LogP contribution in [-0.2, 0) is 11.3 Å². The minimum absolute atomic E-state index is 0.0206. The van der Waals surface area contributed by atoms with Gasteiger partial charge in [0.1, 0.15) is 11.6 Å². The third kappa shape index (κ3) is 5.59. The summed E-state index contributed by atoms with van der Waals surface area (Å²) in [5.74, 6) is 0.876. The molecule has 1 saturated carbocycles. The topological polar surface area (TPSA) is 69.0 Å². The number of carbonyl (C=O) groups excluding carboxylic acids is 1. The fraction of sp³-hybridized carbons (Fsp3) is 0.476. The zero-order valence-electron chi connectivity index (χ0n) is 16.8. The molecular weight excluding hydrogens is 391 g/mol. The van der Waals surface area contributed by atoms with Gasteiger partial charge in [0.05, 0.1) is 5.25 Å². The number of hydrogen-bond acceptors (Lipinski definition) is 5. The maximum atomic E-state index is 13.1. The van der Waals surface area contributed by atoms with Gasteiger partial charge in [0, 0.05) is 12.6 Å². The molecule has 1 N–H and O–H groups in total. The molecule has 1 aromatic heterocycles. The minimum atomic E-state index is -0.398. The van der Waals surface area contributed by atoms with Gasteiger partial charge in [-0.05, 0) is 51.0 Å². The van der Waals surface area contributed by atoms with Gasteiger partial charge in [-0.3, -0.25) is 9.36 Å². The number of halogens is 1. The normalized spacial score (nSPS) is 16.4. The Labute approximate surface area is 174 Å². The van der Waals surface area contributed by atoms with E-state index in [4.69, 9.17) is 4.74 Å². The van der Waals surface area contributed by atoms with E-state index in [0.29, 0.717) is 23.3 Å². The third-order valence-electron chi connectivity index (χ3n) is 4.90. The molecule has 2 atom stereocenters. The summed E-state index contributed by atoms with van der Waals surface area (Å²) in [4.78, 5) is 12.5. The first-order valence-corrected chi connectivity index (χ1v) is 10.8.